The smallest absolute Gasteiger partial charge is 0.0346 e. The molecule has 0 amide bonds. The SMILES string of the molecule is Cl.NN1C=CCS1. The predicted molar refractivity (Wildman–Crippen MR) is 34.9 cm³/mol. The number of rotatable bonds is 0. The van der Waals surface area contributed by atoms with Crippen LogP contribution in [0.4, 0.5) is 0 Å². The van der Waals surface area contributed by atoms with Gasteiger partial charge in [0.15, 0.2) is 0 Å². The molecule has 0 aliphatic carbocycles. The quantitative estimate of drug-likeness (QED) is 0.396. The lowest BCUT2D eigenvalue weighted by Crippen LogP contribution is -2.12. The van der Waals surface area contributed by atoms with Gasteiger partial charge in [-0.2, -0.15) is 0 Å². The summed E-state index contributed by atoms with van der Waals surface area (Å²) in [5.41, 5.74) is 0. The number of nitrogens with two attached hydrogens (primary N) is 1. The minimum absolute atomic E-state index is 0. The zero-order chi connectivity index (χ0) is 4.41. The van der Waals surface area contributed by atoms with Gasteiger partial charge in [0.25, 0.3) is 0 Å². The largest absolute Gasteiger partial charge is 0.261 e. The van der Waals surface area contributed by atoms with Gasteiger partial charge in [-0.25, -0.2) is 5.84 Å². The highest BCUT2D eigenvalue weighted by atomic mass is 35.5. The van der Waals surface area contributed by atoms with Crippen molar-refractivity contribution in [1.82, 2.24) is 4.41 Å². The van der Waals surface area contributed by atoms with Gasteiger partial charge in [-0.1, -0.05) is 6.08 Å². The molecule has 1 rings (SSSR count). The Morgan fingerprint density at radius 2 is 2.43 bits per heavy atom. The minimum Gasteiger partial charge on any atom is -0.261 e. The van der Waals surface area contributed by atoms with Crippen LogP contribution in [0.2, 0.25) is 0 Å². The van der Waals surface area contributed by atoms with Gasteiger partial charge in [0.05, 0.1) is 0 Å². The summed E-state index contributed by atoms with van der Waals surface area (Å²) in [4.78, 5) is 0. The second kappa shape index (κ2) is 3.18. The van der Waals surface area contributed by atoms with Crippen LogP contribution in [0.5, 0.6) is 0 Å². The molecule has 1 aliphatic rings. The van der Waals surface area contributed by atoms with Gasteiger partial charge in [-0.3, -0.25) is 4.41 Å². The van der Waals surface area contributed by atoms with Crippen LogP contribution in [0.15, 0.2) is 12.3 Å². The van der Waals surface area contributed by atoms with Crippen molar-refractivity contribution in [1.29, 1.82) is 0 Å². The Kier molecular flexibility index (Phi) is 3.25. The lowest BCUT2D eigenvalue weighted by molar-refractivity contribution is 0.683. The highest BCUT2D eigenvalue weighted by Crippen LogP contribution is 2.10. The van der Waals surface area contributed by atoms with E-state index in [2.05, 4.69) is 0 Å². The fourth-order valence-electron chi connectivity index (χ4n) is 0.319. The maximum Gasteiger partial charge on any atom is 0.0346 e. The molecule has 0 fully saturated rings. The summed E-state index contributed by atoms with van der Waals surface area (Å²) in [5, 5.41) is 0. The first-order valence-corrected chi connectivity index (χ1v) is 2.67. The maximum atomic E-state index is 5.24. The van der Waals surface area contributed by atoms with E-state index >= 15 is 0 Å². The molecule has 42 valence electrons. The molecule has 0 atom stereocenters. The first-order valence-electron chi connectivity index (χ1n) is 1.73. The van der Waals surface area contributed by atoms with Crippen LogP contribution in [0, 0.1) is 0 Å². The van der Waals surface area contributed by atoms with Crippen LogP contribution in [-0.4, -0.2) is 10.2 Å². The van der Waals surface area contributed by atoms with Crippen LogP contribution >= 0.6 is 24.4 Å². The molecule has 0 aromatic heterocycles. The zero-order valence-electron chi connectivity index (χ0n) is 3.70. The Bertz CT molecular complexity index is 75.3. The molecule has 0 radical (unpaired) electrons. The summed E-state index contributed by atoms with van der Waals surface area (Å²) in [6.45, 7) is 0. The van der Waals surface area contributed by atoms with Gasteiger partial charge in [-0.05, 0) is 11.9 Å². The van der Waals surface area contributed by atoms with Gasteiger partial charge < -0.3 is 0 Å². The van der Waals surface area contributed by atoms with E-state index in [9.17, 15) is 0 Å². The Balaban J connectivity index is 0.000000360. The lowest BCUT2D eigenvalue weighted by Gasteiger charge is -2.00. The third kappa shape index (κ3) is 2.06. The molecule has 0 unspecified atom stereocenters. The summed E-state index contributed by atoms with van der Waals surface area (Å²) in [6, 6.07) is 0. The van der Waals surface area contributed by atoms with Gasteiger partial charge in [0.1, 0.15) is 0 Å². The number of hydrogen-bond acceptors (Lipinski definition) is 3. The molecule has 0 aromatic carbocycles. The van der Waals surface area contributed by atoms with Crippen LogP contribution < -0.4 is 5.84 Å². The number of halogens is 1. The fourth-order valence-corrected chi connectivity index (χ4v) is 0.835. The van der Waals surface area contributed by atoms with Crippen molar-refractivity contribution >= 4 is 24.4 Å². The summed E-state index contributed by atoms with van der Waals surface area (Å²) < 4.78 is 1.60. The maximum absolute atomic E-state index is 5.24. The van der Waals surface area contributed by atoms with Crippen LogP contribution in [-0.2, 0) is 0 Å². The monoisotopic (exact) mass is 138 g/mol. The molecule has 0 aromatic rings. The van der Waals surface area contributed by atoms with Crippen molar-refractivity contribution in [2.45, 2.75) is 0 Å². The average Bonchev–Trinajstić information content (AvgIpc) is 1.86. The van der Waals surface area contributed by atoms with E-state index in [0.29, 0.717) is 0 Å². The third-order valence-corrected chi connectivity index (χ3v) is 1.33. The Labute approximate surface area is 53.3 Å². The number of nitrogens with zero attached hydrogens (tertiary/aromatic N) is 1. The highest BCUT2D eigenvalue weighted by molar-refractivity contribution is 7.97. The molecule has 0 spiro atoms. The van der Waals surface area contributed by atoms with Crippen molar-refractivity contribution in [3.8, 4) is 0 Å². The van der Waals surface area contributed by atoms with E-state index in [1.54, 1.807) is 16.4 Å². The second-order valence-corrected chi connectivity index (χ2v) is 2.05. The summed E-state index contributed by atoms with van der Waals surface area (Å²) in [6.07, 6.45) is 3.87. The van der Waals surface area contributed by atoms with Crippen LogP contribution in [0.25, 0.3) is 0 Å². The van der Waals surface area contributed by atoms with Gasteiger partial charge in [0.2, 0.25) is 0 Å². The molecular formula is C3H7ClN2S. The van der Waals surface area contributed by atoms with E-state index in [1.165, 1.54) is 0 Å². The normalized spacial score (nSPS) is 17.0. The number of hydrazine groups is 1. The Morgan fingerprint density at radius 1 is 1.71 bits per heavy atom. The van der Waals surface area contributed by atoms with Crippen molar-refractivity contribution in [3.05, 3.63) is 12.3 Å². The van der Waals surface area contributed by atoms with Crippen molar-refractivity contribution in [2.24, 2.45) is 5.84 Å². The molecule has 0 bridgehead atoms. The molecular weight excluding hydrogens is 132 g/mol. The number of hydrogen-bond donors (Lipinski definition) is 1. The predicted octanol–water partition coefficient (Wildman–Crippen LogP) is 0.759. The first-order chi connectivity index (χ1) is 2.89. The van der Waals surface area contributed by atoms with Crippen molar-refractivity contribution in [2.75, 3.05) is 5.75 Å². The lowest BCUT2D eigenvalue weighted by atomic mass is 10.7. The van der Waals surface area contributed by atoms with Gasteiger partial charge in [0, 0.05) is 12.0 Å². The van der Waals surface area contributed by atoms with Gasteiger partial charge in [-0.15, -0.1) is 12.4 Å². The molecule has 1 aliphatic heterocycles. The Morgan fingerprint density at radius 3 is 2.57 bits per heavy atom. The van der Waals surface area contributed by atoms with E-state index in [-0.39, 0.29) is 12.4 Å². The fraction of sp³-hybridized carbons (Fsp3) is 0.333. The standard InChI is InChI=1S/C3H6N2S.ClH/c4-5-2-1-3-6-5;/h1-2H,3-4H2;1H. The highest BCUT2D eigenvalue weighted by Gasteiger charge is 1.94. The zero-order valence-corrected chi connectivity index (χ0v) is 5.34. The van der Waals surface area contributed by atoms with Gasteiger partial charge >= 0.3 is 0 Å². The molecule has 1 heterocycles. The van der Waals surface area contributed by atoms with E-state index in [4.69, 9.17) is 5.84 Å². The Hall–Kier alpha value is 0.140. The molecule has 4 heteroatoms. The van der Waals surface area contributed by atoms with Crippen LogP contribution in [0.3, 0.4) is 0 Å². The van der Waals surface area contributed by atoms with Crippen LogP contribution in [0.1, 0.15) is 0 Å². The van der Waals surface area contributed by atoms with E-state index in [1.807, 2.05) is 12.3 Å². The third-order valence-electron chi connectivity index (χ3n) is 0.572. The molecule has 0 saturated carbocycles. The molecule has 2 N–H and O–H groups in total. The summed E-state index contributed by atoms with van der Waals surface area (Å²) in [7, 11) is 0. The van der Waals surface area contributed by atoms with Crippen molar-refractivity contribution in [3.63, 3.8) is 0 Å². The molecule has 0 saturated heterocycles. The second-order valence-electron chi connectivity index (χ2n) is 1.04. The van der Waals surface area contributed by atoms with E-state index < -0.39 is 0 Å². The summed E-state index contributed by atoms with van der Waals surface area (Å²) >= 11 is 1.60. The topological polar surface area (TPSA) is 29.3 Å². The summed E-state index contributed by atoms with van der Waals surface area (Å²) in [5.74, 6) is 6.27. The average molecular weight is 139 g/mol. The minimum atomic E-state index is 0. The molecule has 7 heavy (non-hydrogen) atoms. The molecule has 2 nitrogen and oxygen atoms in total. The first kappa shape index (κ1) is 7.14. The van der Waals surface area contributed by atoms with Crippen molar-refractivity contribution < 1.29 is 0 Å². The van der Waals surface area contributed by atoms with E-state index in [0.717, 1.165) is 5.75 Å².